The van der Waals surface area contributed by atoms with E-state index in [4.69, 9.17) is 11.7 Å². The SMILES string of the molecule is Cc1ccc(N(N)C(=O)N(N)c2cc(SCC(F)(F)F)c(C)cc2F)cc1. The molecule has 2 amide bonds. The van der Waals surface area contributed by atoms with Crippen LogP contribution < -0.4 is 21.7 Å². The Kier molecular flexibility index (Phi) is 6.34. The van der Waals surface area contributed by atoms with Crippen LogP contribution in [0.5, 0.6) is 0 Å². The first-order chi connectivity index (χ1) is 12.5. The lowest BCUT2D eigenvalue weighted by molar-refractivity contribution is -0.105. The monoisotopic (exact) mass is 402 g/mol. The van der Waals surface area contributed by atoms with E-state index in [1.54, 1.807) is 24.3 Å². The van der Waals surface area contributed by atoms with Crippen molar-refractivity contribution in [2.45, 2.75) is 24.9 Å². The standard InChI is InChI=1S/C17H18F4N4OS/c1-10-3-5-12(6-4-10)24(22)16(26)25(23)14-8-15(11(2)7-13(14)18)27-9-17(19,20)21/h3-8H,9,22-23H2,1-2H3. The number of alkyl halides is 3. The maximum atomic E-state index is 14.3. The molecule has 2 aromatic carbocycles. The van der Waals surface area contributed by atoms with E-state index in [9.17, 15) is 22.4 Å². The molecule has 0 bridgehead atoms. The van der Waals surface area contributed by atoms with E-state index < -0.39 is 23.8 Å². The van der Waals surface area contributed by atoms with Gasteiger partial charge in [-0.15, -0.1) is 11.8 Å². The fraction of sp³-hybridized carbons (Fsp3) is 0.235. The Morgan fingerprint density at radius 3 is 2.22 bits per heavy atom. The summed E-state index contributed by atoms with van der Waals surface area (Å²) in [7, 11) is 0. The lowest BCUT2D eigenvalue weighted by Crippen LogP contribution is -2.51. The zero-order chi connectivity index (χ0) is 20.4. The molecule has 27 heavy (non-hydrogen) atoms. The van der Waals surface area contributed by atoms with Gasteiger partial charge in [-0.25, -0.2) is 30.9 Å². The molecular formula is C17H18F4N4OS. The van der Waals surface area contributed by atoms with Gasteiger partial charge >= 0.3 is 12.2 Å². The number of halogens is 4. The molecule has 146 valence electrons. The summed E-state index contributed by atoms with van der Waals surface area (Å²) in [6, 6.07) is 7.78. The Bertz CT molecular complexity index is 827. The van der Waals surface area contributed by atoms with Crippen LogP contribution in [0.1, 0.15) is 11.1 Å². The predicted molar refractivity (Wildman–Crippen MR) is 97.8 cm³/mol. The van der Waals surface area contributed by atoms with Crippen molar-refractivity contribution in [2.24, 2.45) is 11.7 Å². The third-order valence-corrected chi connectivity index (χ3v) is 4.84. The number of amides is 2. The van der Waals surface area contributed by atoms with Crippen molar-refractivity contribution >= 4 is 29.2 Å². The summed E-state index contributed by atoms with van der Waals surface area (Å²) >= 11 is 0.482. The number of carbonyl (C=O) groups is 1. The normalized spacial score (nSPS) is 11.4. The second-order valence-corrected chi connectivity index (χ2v) is 6.85. The molecule has 0 heterocycles. The van der Waals surface area contributed by atoms with E-state index in [1.165, 1.54) is 6.92 Å². The second kappa shape index (κ2) is 8.15. The first kappa shape index (κ1) is 21.0. The maximum absolute atomic E-state index is 14.3. The van der Waals surface area contributed by atoms with E-state index in [1.807, 2.05) is 6.92 Å². The topological polar surface area (TPSA) is 75.6 Å². The molecule has 0 saturated carbocycles. The number of hydrogen-bond acceptors (Lipinski definition) is 4. The summed E-state index contributed by atoms with van der Waals surface area (Å²) in [4.78, 5) is 12.6. The highest BCUT2D eigenvalue weighted by Gasteiger charge is 2.28. The predicted octanol–water partition coefficient (Wildman–Crippen LogP) is 4.28. The number of rotatable bonds is 4. The lowest BCUT2D eigenvalue weighted by atomic mass is 10.2. The molecule has 0 aliphatic carbocycles. The van der Waals surface area contributed by atoms with Gasteiger partial charge in [0.1, 0.15) is 5.82 Å². The number of urea groups is 1. The van der Waals surface area contributed by atoms with Gasteiger partial charge in [0.15, 0.2) is 0 Å². The molecule has 0 spiro atoms. The zero-order valence-corrected chi connectivity index (χ0v) is 15.4. The molecule has 0 aromatic heterocycles. The number of hydrazine groups is 2. The van der Waals surface area contributed by atoms with Gasteiger partial charge in [-0.1, -0.05) is 17.7 Å². The highest BCUT2D eigenvalue weighted by Crippen LogP contribution is 2.33. The highest BCUT2D eigenvalue weighted by molar-refractivity contribution is 7.99. The van der Waals surface area contributed by atoms with Gasteiger partial charge in [0.25, 0.3) is 0 Å². The smallest absolute Gasteiger partial charge is 0.245 e. The van der Waals surface area contributed by atoms with Crippen LogP contribution in [0, 0.1) is 19.7 Å². The fourth-order valence-corrected chi connectivity index (χ4v) is 2.98. The molecule has 0 radical (unpaired) electrons. The summed E-state index contributed by atoms with van der Waals surface area (Å²) in [6.07, 6.45) is -4.39. The van der Waals surface area contributed by atoms with Crippen LogP contribution in [-0.4, -0.2) is 18.0 Å². The van der Waals surface area contributed by atoms with E-state index in [0.717, 1.165) is 22.7 Å². The van der Waals surface area contributed by atoms with Crippen molar-refractivity contribution in [3.05, 3.63) is 53.3 Å². The number of anilines is 2. The van der Waals surface area contributed by atoms with Gasteiger partial charge in [0.2, 0.25) is 0 Å². The van der Waals surface area contributed by atoms with Crippen LogP contribution in [0.15, 0.2) is 41.3 Å². The molecule has 0 fully saturated rings. The summed E-state index contributed by atoms with van der Waals surface area (Å²) in [5, 5.41) is 1.19. The molecule has 0 aliphatic heterocycles. The van der Waals surface area contributed by atoms with Crippen molar-refractivity contribution in [1.82, 2.24) is 0 Å². The largest absolute Gasteiger partial charge is 0.398 e. The number of carbonyl (C=O) groups excluding carboxylic acids is 1. The minimum Gasteiger partial charge on any atom is -0.245 e. The average Bonchev–Trinajstić information content (AvgIpc) is 2.59. The number of nitrogens with zero attached hydrogens (tertiary/aromatic N) is 2. The fourth-order valence-electron chi connectivity index (χ4n) is 2.18. The summed E-state index contributed by atoms with van der Waals surface area (Å²) < 4.78 is 51.6. The minimum absolute atomic E-state index is 0.158. The van der Waals surface area contributed by atoms with Crippen LogP contribution in [0.4, 0.5) is 33.7 Å². The van der Waals surface area contributed by atoms with Crippen molar-refractivity contribution in [1.29, 1.82) is 0 Å². The molecule has 2 rings (SSSR count). The number of hydrogen-bond donors (Lipinski definition) is 2. The molecule has 10 heteroatoms. The van der Waals surface area contributed by atoms with Crippen molar-refractivity contribution in [3.8, 4) is 0 Å². The summed E-state index contributed by atoms with van der Waals surface area (Å²) in [6.45, 7) is 3.32. The van der Waals surface area contributed by atoms with Crippen molar-refractivity contribution < 1.29 is 22.4 Å². The molecule has 0 aliphatic rings. The third-order valence-electron chi connectivity index (χ3n) is 3.62. The van der Waals surface area contributed by atoms with Gasteiger partial charge in [-0.2, -0.15) is 13.2 Å². The van der Waals surface area contributed by atoms with Crippen LogP contribution >= 0.6 is 11.8 Å². The number of nitrogens with two attached hydrogens (primary N) is 2. The van der Waals surface area contributed by atoms with Gasteiger partial charge in [0.05, 0.1) is 17.1 Å². The van der Waals surface area contributed by atoms with Crippen LogP contribution in [-0.2, 0) is 0 Å². The van der Waals surface area contributed by atoms with Gasteiger partial charge in [-0.05, 0) is 43.7 Å². The molecule has 4 N–H and O–H groups in total. The molecule has 0 saturated heterocycles. The van der Waals surface area contributed by atoms with Crippen LogP contribution in [0.3, 0.4) is 0 Å². The Hall–Kier alpha value is -2.30. The number of benzene rings is 2. The molecule has 5 nitrogen and oxygen atoms in total. The lowest BCUT2D eigenvalue weighted by Gasteiger charge is -2.25. The quantitative estimate of drug-likeness (QED) is 0.263. The Labute approximate surface area is 157 Å². The van der Waals surface area contributed by atoms with E-state index in [-0.39, 0.29) is 10.6 Å². The van der Waals surface area contributed by atoms with Crippen molar-refractivity contribution in [2.75, 3.05) is 15.8 Å². The Morgan fingerprint density at radius 1 is 1.07 bits per heavy atom. The summed E-state index contributed by atoms with van der Waals surface area (Å²) in [5.41, 5.74) is 1.19. The van der Waals surface area contributed by atoms with Gasteiger partial charge < -0.3 is 0 Å². The van der Waals surface area contributed by atoms with E-state index in [0.29, 0.717) is 28.0 Å². The first-order valence-electron chi connectivity index (χ1n) is 7.69. The molecular weight excluding hydrogens is 384 g/mol. The average molecular weight is 402 g/mol. The van der Waals surface area contributed by atoms with Gasteiger partial charge in [0, 0.05) is 4.90 Å². The van der Waals surface area contributed by atoms with Crippen LogP contribution in [0.25, 0.3) is 0 Å². The molecule has 0 atom stereocenters. The Balaban J connectivity index is 2.27. The maximum Gasteiger partial charge on any atom is 0.398 e. The Morgan fingerprint density at radius 2 is 1.67 bits per heavy atom. The zero-order valence-electron chi connectivity index (χ0n) is 14.5. The first-order valence-corrected chi connectivity index (χ1v) is 8.68. The van der Waals surface area contributed by atoms with E-state index in [2.05, 4.69) is 0 Å². The third kappa shape index (κ3) is 5.34. The van der Waals surface area contributed by atoms with E-state index >= 15 is 0 Å². The second-order valence-electron chi connectivity index (χ2n) is 5.83. The minimum atomic E-state index is -4.39. The number of thioether (sulfide) groups is 1. The summed E-state index contributed by atoms with van der Waals surface area (Å²) in [5.74, 6) is 9.45. The molecule has 2 aromatic rings. The van der Waals surface area contributed by atoms with Crippen molar-refractivity contribution in [3.63, 3.8) is 0 Å². The van der Waals surface area contributed by atoms with Gasteiger partial charge in [-0.3, -0.25) is 0 Å². The number of aryl methyl sites for hydroxylation is 2. The highest BCUT2D eigenvalue weighted by atomic mass is 32.2. The molecule has 0 unspecified atom stereocenters. The van der Waals surface area contributed by atoms with Crippen LogP contribution in [0.2, 0.25) is 0 Å².